The Labute approximate surface area is 159 Å². The molecule has 0 saturated heterocycles. The molecule has 0 aliphatic heterocycles. The SMILES string of the molecule is CCOC(=O)CO[C@@H]1CC[C@@]2(C)[C@@H](CC[C@H]3[C@@H]4CCC[C@@]4(C)CC[C@@H]32)C1. The van der Waals surface area contributed by atoms with Crippen LogP contribution in [0.5, 0.6) is 0 Å². The Balaban J connectivity index is 1.40. The van der Waals surface area contributed by atoms with Gasteiger partial charge in [0.25, 0.3) is 0 Å². The molecule has 4 fully saturated rings. The summed E-state index contributed by atoms with van der Waals surface area (Å²) in [5, 5.41) is 0. The van der Waals surface area contributed by atoms with Gasteiger partial charge in [0, 0.05) is 0 Å². The zero-order valence-corrected chi connectivity index (χ0v) is 17.1. The minimum absolute atomic E-state index is 0.133. The largest absolute Gasteiger partial charge is 0.464 e. The smallest absolute Gasteiger partial charge is 0.332 e. The highest BCUT2D eigenvalue weighted by molar-refractivity contribution is 5.70. The molecule has 3 nitrogen and oxygen atoms in total. The highest BCUT2D eigenvalue weighted by Crippen LogP contribution is 2.66. The fourth-order valence-corrected chi connectivity index (χ4v) is 7.75. The van der Waals surface area contributed by atoms with Crippen LogP contribution in [0.3, 0.4) is 0 Å². The first kappa shape index (κ1) is 18.8. The maximum atomic E-state index is 11.6. The summed E-state index contributed by atoms with van der Waals surface area (Å²) in [7, 11) is 0. The summed E-state index contributed by atoms with van der Waals surface area (Å²) < 4.78 is 11.0. The van der Waals surface area contributed by atoms with E-state index in [1.54, 1.807) is 0 Å². The van der Waals surface area contributed by atoms with E-state index in [1.165, 1.54) is 51.4 Å². The molecule has 4 aliphatic carbocycles. The summed E-state index contributed by atoms with van der Waals surface area (Å²) in [5.41, 5.74) is 1.17. The van der Waals surface area contributed by atoms with Crippen LogP contribution in [0.4, 0.5) is 0 Å². The van der Waals surface area contributed by atoms with Gasteiger partial charge in [-0.2, -0.15) is 0 Å². The van der Waals surface area contributed by atoms with Crippen molar-refractivity contribution in [2.75, 3.05) is 13.2 Å². The van der Waals surface area contributed by atoms with E-state index < -0.39 is 0 Å². The van der Waals surface area contributed by atoms with Gasteiger partial charge in [0.2, 0.25) is 0 Å². The van der Waals surface area contributed by atoms with Crippen LogP contribution < -0.4 is 0 Å². The molecule has 0 aromatic heterocycles. The van der Waals surface area contributed by atoms with Crippen molar-refractivity contribution in [2.24, 2.45) is 34.5 Å². The van der Waals surface area contributed by atoms with E-state index >= 15 is 0 Å². The third-order valence-electron chi connectivity index (χ3n) is 9.14. The maximum absolute atomic E-state index is 11.6. The Hall–Kier alpha value is -0.570. The summed E-state index contributed by atoms with van der Waals surface area (Å²) in [6, 6.07) is 0. The molecule has 7 atom stereocenters. The van der Waals surface area contributed by atoms with Gasteiger partial charge in [-0.15, -0.1) is 0 Å². The molecule has 0 bridgehead atoms. The van der Waals surface area contributed by atoms with Gasteiger partial charge < -0.3 is 9.47 Å². The third kappa shape index (κ3) is 3.12. The lowest BCUT2D eigenvalue weighted by atomic mass is 9.45. The van der Waals surface area contributed by atoms with E-state index in [2.05, 4.69) is 13.8 Å². The van der Waals surface area contributed by atoms with Crippen molar-refractivity contribution in [3.05, 3.63) is 0 Å². The predicted octanol–water partition coefficient (Wildman–Crippen LogP) is 5.37. The molecular formula is C23H38O3. The molecule has 0 heterocycles. The van der Waals surface area contributed by atoms with Gasteiger partial charge in [0.1, 0.15) is 6.61 Å². The summed E-state index contributed by atoms with van der Waals surface area (Å²) >= 11 is 0. The number of esters is 1. The zero-order chi connectivity index (χ0) is 18.4. The first-order chi connectivity index (χ1) is 12.5. The average Bonchev–Trinajstić information content (AvgIpc) is 3.02. The highest BCUT2D eigenvalue weighted by Gasteiger charge is 2.57. The Morgan fingerprint density at radius 3 is 2.65 bits per heavy atom. The molecular weight excluding hydrogens is 324 g/mol. The Morgan fingerprint density at radius 1 is 1.00 bits per heavy atom. The van der Waals surface area contributed by atoms with Crippen molar-refractivity contribution in [1.29, 1.82) is 0 Å². The topological polar surface area (TPSA) is 35.5 Å². The lowest BCUT2D eigenvalue weighted by Crippen LogP contribution is -2.53. The number of fused-ring (bicyclic) bond motifs is 5. The first-order valence-corrected chi connectivity index (χ1v) is 11.2. The highest BCUT2D eigenvalue weighted by atomic mass is 16.6. The molecule has 0 spiro atoms. The second-order valence-electron chi connectivity index (χ2n) is 10.3. The van der Waals surface area contributed by atoms with Crippen molar-refractivity contribution in [3.63, 3.8) is 0 Å². The molecule has 4 rings (SSSR count). The molecule has 4 saturated carbocycles. The number of carbonyl (C=O) groups excluding carboxylic acids is 1. The lowest BCUT2D eigenvalue weighted by Gasteiger charge is -2.60. The predicted molar refractivity (Wildman–Crippen MR) is 103 cm³/mol. The van der Waals surface area contributed by atoms with Crippen LogP contribution in [0.1, 0.15) is 85.0 Å². The molecule has 4 aliphatic rings. The van der Waals surface area contributed by atoms with Gasteiger partial charge >= 0.3 is 5.97 Å². The van der Waals surface area contributed by atoms with Gasteiger partial charge in [-0.1, -0.05) is 20.3 Å². The standard InChI is InChI=1S/C23H38O3/c1-4-25-21(24)15-26-17-9-13-23(3)16(14-17)7-8-18-19-6-5-11-22(19,2)12-10-20(18)23/h16-20H,4-15H2,1-3H3/t16-,17+,18-,19-,20-,22-,23-/m0/s1. The van der Waals surface area contributed by atoms with Gasteiger partial charge in [0.05, 0.1) is 12.7 Å². The summed E-state index contributed by atoms with van der Waals surface area (Å²) in [4.78, 5) is 11.6. The Morgan fingerprint density at radius 2 is 1.85 bits per heavy atom. The van der Waals surface area contributed by atoms with Crippen molar-refractivity contribution in [3.8, 4) is 0 Å². The number of ether oxygens (including phenoxy) is 2. The monoisotopic (exact) mass is 362 g/mol. The van der Waals surface area contributed by atoms with Gasteiger partial charge in [-0.3, -0.25) is 0 Å². The van der Waals surface area contributed by atoms with Crippen molar-refractivity contribution in [1.82, 2.24) is 0 Å². The van der Waals surface area contributed by atoms with Crippen LogP contribution in [0.15, 0.2) is 0 Å². The average molecular weight is 363 g/mol. The molecule has 3 heteroatoms. The van der Waals surface area contributed by atoms with E-state index in [9.17, 15) is 4.79 Å². The normalized spacial score (nSPS) is 47.6. The minimum atomic E-state index is -0.211. The molecule has 26 heavy (non-hydrogen) atoms. The fourth-order valence-electron chi connectivity index (χ4n) is 7.75. The van der Waals surface area contributed by atoms with Crippen molar-refractivity contribution in [2.45, 2.75) is 91.1 Å². The van der Waals surface area contributed by atoms with Crippen LogP contribution in [0.25, 0.3) is 0 Å². The molecule has 0 radical (unpaired) electrons. The van der Waals surface area contributed by atoms with Crippen LogP contribution in [-0.2, 0) is 14.3 Å². The van der Waals surface area contributed by atoms with Crippen LogP contribution >= 0.6 is 0 Å². The molecule has 0 aromatic rings. The van der Waals surface area contributed by atoms with Crippen molar-refractivity contribution < 1.29 is 14.3 Å². The number of carbonyl (C=O) groups is 1. The van der Waals surface area contributed by atoms with Crippen LogP contribution in [-0.4, -0.2) is 25.3 Å². The Kier molecular flexibility index (Phi) is 5.14. The molecule has 0 amide bonds. The van der Waals surface area contributed by atoms with E-state index in [1.807, 2.05) is 6.92 Å². The number of hydrogen-bond acceptors (Lipinski definition) is 3. The van der Waals surface area contributed by atoms with Crippen LogP contribution in [0.2, 0.25) is 0 Å². The quantitative estimate of drug-likeness (QED) is 0.631. The minimum Gasteiger partial charge on any atom is -0.464 e. The fraction of sp³-hybridized carbons (Fsp3) is 0.957. The van der Waals surface area contributed by atoms with Crippen molar-refractivity contribution >= 4 is 5.97 Å². The first-order valence-electron chi connectivity index (χ1n) is 11.2. The summed E-state index contributed by atoms with van der Waals surface area (Å²) in [6.45, 7) is 7.62. The van der Waals surface area contributed by atoms with E-state index in [4.69, 9.17) is 9.47 Å². The van der Waals surface area contributed by atoms with E-state index in [0.29, 0.717) is 17.4 Å². The van der Waals surface area contributed by atoms with E-state index in [0.717, 1.165) is 36.5 Å². The van der Waals surface area contributed by atoms with Crippen LogP contribution in [0, 0.1) is 34.5 Å². The van der Waals surface area contributed by atoms with Gasteiger partial charge in [0.15, 0.2) is 0 Å². The van der Waals surface area contributed by atoms with Gasteiger partial charge in [-0.25, -0.2) is 4.79 Å². The molecule has 148 valence electrons. The number of rotatable bonds is 4. The summed E-state index contributed by atoms with van der Waals surface area (Å²) in [6.07, 6.45) is 14.0. The molecule has 0 aromatic carbocycles. The molecule has 0 N–H and O–H groups in total. The zero-order valence-electron chi connectivity index (χ0n) is 17.1. The molecule has 0 unspecified atom stereocenters. The second kappa shape index (κ2) is 7.11. The summed E-state index contributed by atoms with van der Waals surface area (Å²) in [5.74, 6) is 3.49. The maximum Gasteiger partial charge on any atom is 0.332 e. The second-order valence-corrected chi connectivity index (χ2v) is 10.3. The number of hydrogen-bond donors (Lipinski definition) is 0. The Bertz CT molecular complexity index is 532. The lowest BCUT2D eigenvalue weighted by molar-refractivity contribution is -0.157. The third-order valence-corrected chi connectivity index (χ3v) is 9.14. The van der Waals surface area contributed by atoms with E-state index in [-0.39, 0.29) is 18.7 Å². The van der Waals surface area contributed by atoms with Gasteiger partial charge in [-0.05, 0) is 99.2 Å².